The van der Waals surface area contributed by atoms with Crippen LogP contribution in [0.3, 0.4) is 0 Å². The van der Waals surface area contributed by atoms with Crippen molar-refractivity contribution in [1.29, 1.82) is 0 Å². The highest BCUT2D eigenvalue weighted by Gasteiger charge is 2.25. The molecule has 0 spiro atoms. The van der Waals surface area contributed by atoms with E-state index in [0.29, 0.717) is 31.0 Å². The third-order valence-electron chi connectivity index (χ3n) is 4.88. The van der Waals surface area contributed by atoms with Crippen molar-refractivity contribution in [1.82, 2.24) is 20.3 Å². The molecule has 4 rings (SSSR count). The number of hydrogen-bond donors (Lipinski definition) is 2. The van der Waals surface area contributed by atoms with E-state index in [0.717, 1.165) is 23.1 Å². The van der Waals surface area contributed by atoms with Crippen LogP contribution in [0.1, 0.15) is 24.5 Å². The molecule has 0 bridgehead atoms. The first-order valence-electron chi connectivity index (χ1n) is 9.29. The minimum atomic E-state index is -2.58. The van der Waals surface area contributed by atoms with E-state index in [2.05, 4.69) is 32.5 Å². The van der Waals surface area contributed by atoms with E-state index in [9.17, 15) is 8.78 Å². The number of anilines is 2. The van der Waals surface area contributed by atoms with Gasteiger partial charge in [0.2, 0.25) is 0 Å². The Balaban J connectivity index is 1.61. The van der Waals surface area contributed by atoms with Crippen LogP contribution in [0, 0.1) is 0 Å². The summed E-state index contributed by atoms with van der Waals surface area (Å²) in [5.41, 5.74) is 3.74. The predicted molar refractivity (Wildman–Crippen MR) is 106 cm³/mol. The third kappa shape index (κ3) is 3.87. The lowest BCUT2D eigenvalue weighted by atomic mass is 10.1. The molecule has 8 heteroatoms. The molecule has 1 unspecified atom stereocenters. The Morgan fingerprint density at radius 2 is 2.04 bits per heavy atom. The van der Waals surface area contributed by atoms with Gasteiger partial charge in [0.15, 0.2) is 0 Å². The Morgan fingerprint density at radius 3 is 2.82 bits per heavy atom. The summed E-state index contributed by atoms with van der Waals surface area (Å²) in [4.78, 5) is 14.6. The lowest BCUT2D eigenvalue weighted by Crippen LogP contribution is -2.49. The number of nitrogens with one attached hydrogen (secondary N) is 2. The van der Waals surface area contributed by atoms with Gasteiger partial charge in [-0.3, -0.25) is 15.0 Å². The smallest absolute Gasteiger partial charge is 0.267 e. The molecule has 0 aliphatic carbocycles. The Morgan fingerprint density at radius 1 is 1.21 bits per heavy atom. The van der Waals surface area contributed by atoms with Crippen molar-refractivity contribution in [2.45, 2.75) is 25.9 Å². The lowest BCUT2D eigenvalue weighted by Gasteiger charge is -2.36. The van der Waals surface area contributed by atoms with Crippen LogP contribution in [0.2, 0.25) is 0 Å². The maximum Gasteiger partial charge on any atom is 0.267 e. The van der Waals surface area contributed by atoms with Gasteiger partial charge in [0.05, 0.1) is 34.2 Å². The molecule has 1 aliphatic rings. The van der Waals surface area contributed by atoms with Crippen LogP contribution in [0.5, 0.6) is 0 Å². The Kier molecular flexibility index (Phi) is 5.29. The summed E-state index contributed by atoms with van der Waals surface area (Å²) >= 11 is 0. The highest BCUT2D eigenvalue weighted by Crippen LogP contribution is 2.36. The van der Waals surface area contributed by atoms with Crippen molar-refractivity contribution in [2.75, 3.05) is 29.9 Å². The fourth-order valence-corrected chi connectivity index (χ4v) is 3.56. The first kappa shape index (κ1) is 18.5. The zero-order valence-corrected chi connectivity index (χ0v) is 15.6. The van der Waals surface area contributed by atoms with E-state index in [1.807, 2.05) is 23.1 Å². The maximum absolute atomic E-state index is 13.7. The van der Waals surface area contributed by atoms with E-state index in [-0.39, 0.29) is 11.6 Å². The molecule has 3 heterocycles. The maximum atomic E-state index is 13.7. The molecule has 0 amide bonds. The van der Waals surface area contributed by atoms with Crippen molar-refractivity contribution < 1.29 is 8.78 Å². The van der Waals surface area contributed by atoms with Crippen LogP contribution < -0.4 is 15.5 Å². The number of hydrogen-bond acceptors (Lipinski definition) is 6. The summed E-state index contributed by atoms with van der Waals surface area (Å²) in [6, 6.07) is 6.05. The van der Waals surface area contributed by atoms with Crippen LogP contribution >= 0.6 is 0 Å². The van der Waals surface area contributed by atoms with E-state index < -0.39 is 6.43 Å². The molecule has 1 aliphatic heterocycles. The molecule has 28 heavy (non-hydrogen) atoms. The van der Waals surface area contributed by atoms with Gasteiger partial charge in [0.25, 0.3) is 6.43 Å². The van der Waals surface area contributed by atoms with Crippen molar-refractivity contribution in [3.05, 3.63) is 54.1 Å². The zero-order chi connectivity index (χ0) is 19.5. The number of rotatable bonds is 5. The second-order valence-electron chi connectivity index (χ2n) is 6.96. The number of benzene rings is 1. The van der Waals surface area contributed by atoms with E-state index in [1.54, 1.807) is 18.6 Å². The average Bonchev–Trinajstić information content (AvgIpc) is 2.71. The molecular formula is C20H22F2N6. The number of fused-ring (bicyclic) bond motifs is 1. The van der Waals surface area contributed by atoms with E-state index >= 15 is 0 Å². The summed E-state index contributed by atoms with van der Waals surface area (Å²) in [5, 5.41) is 6.64. The molecule has 1 aromatic carbocycles. The fourth-order valence-electron chi connectivity index (χ4n) is 3.56. The Hall–Kier alpha value is -2.87. The van der Waals surface area contributed by atoms with E-state index in [1.165, 1.54) is 6.20 Å². The number of alkyl halides is 2. The molecule has 0 saturated carbocycles. The molecule has 1 fully saturated rings. The number of piperazine rings is 1. The summed E-state index contributed by atoms with van der Waals surface area (Å²) < 4.78 is 27.3. The Bertz CT molecular complexity index is 964. The van der Waals surface area contributed by atoms with Crippen LogP contribution in [-0.2, 0) is 6.54 Å². The SMILES string of the molecule is CC1CN(c2c(NCc3ccc4nccnc4c3)cncc2C(F)F)CCN1. The standard InChI is InChI=1S/C20H22F2N6/c1-13-12-28(7-6-24-13)19-15(20(21)22)10-23-11-18(19)27-9-14-2-3-16-17(8-14)26-5-4-25-16/h2-5,8,10-11,13,20,24,27H,6-7,9,12H2,1H3. The van der Waals surface area contributed by atoms with Crippen molar-refractivity contribution >= 4 is 22.4 Å². The van der Waals surface area contributed by atoms with Gasteiger partial charge in [-0.1, -0.05) is 6.07 Å². The van der Waals surface area contributed by atoms with Gasteiger partial charge in [-0.2, -0.15) is 0 Å². The normalized spacial score (nSPS) is 17.3. The van der Waals surface area contributed by atoms with Gasteiger partial charge in [0.1, 0.15) is 0 Å². The molecule has 1 saturated heterocycles. The van der Waals surface area contributed by atoms with Crippen LogP contribution in [0.15, 0.2) is 43.0 Å². The van der Waals surface area contributed by atoms with E-state index in [4.69, 9.17) is 0 Å². The number of nitrogens with zero attached hydrogens (tertiary/aromatic N) is 4. The molecule has 6 nitrogen and oxygen atoms in total. The third-order valence-corrected chi connectivity index (χ3v) is 4.88. The molecule has 0 radical (unpaired) electrons. The second-order valence-corrected chi connectivity index (χ2v) is 6.96. The molecular weight excluding hydrogens is 362 g/mol. The Labute approximate surface area is 162 Å². The van der Waals surface area contributed by atoms with Crippen molar-refractivity contribution in [3.8, 4) is 0 Å². The largest absolute Gasteiger partial charge is 0.378 e. The zero-order valence-electron chi connectivity index (χ0n) is 15.6. The molecule has 2 N–H and O–H groups in total. The molecule has 146 valence electrons. The number of aromatic nitrogens is 3. The number of halogens is 2. The monoisotopic (exact) mass is 384 g/mol. The molecule has 3 aromatic rings. The summed E-state index contributed by atoms with van der Waals surface area (Å²) in [6.07, 6.45) is 3.62. The summed E-state index contributed by atoms with van der Waals surface area (Å²) in [5.74, 6) is 0. The first-order chi connectivity index (χ1) is 13.6. The summed E-state index contributed by atoms with van der Waals surface area (Å²) in [7, 11) is 0. The predicted octanol–water partition coefficient (Wildman–Crippen LogP) is 3.37. The van der Waals surface area contributed by atoms with Gasteiger partial charge in [-0.05, 0) is 24.6 Å². The highest BCUT2D eigenvalue weighted by atomic mass is 19.3. The van der Waals surface area contributed by atoms with Crippen molar-refractivity contribution in [2.24, 2.45) is 0 Å². The van der Waals surface area contributed by atoms with Gasteiger partial charge >= 0.3 is 0 Å². The number of pyridine rings is 1. The minimum Gasteiger partial charge on any atom is -0.378 e. The van der Waals surface area contributed by atoms with Crippen LogP contribution in [-0.4, -0.2) is 40.6 Å². The second kappa shape index (κ2) is 8.02. The van der Waals surface area contributed by atoms with Gasteiger partial charge in [-0.15, -0.1) is 0 Å². The fraction of sp³-hybridized carbons (Fsp3) is 0.350. The quantitative estimate of drug-likeness (QED) is 0.703. The van der Waals surface area contributed by atoms with Crippen LogP contribution in [0.4, 0.5) is 20.2 Å². The average molecular weight is 384 g/mol. The highest BCUT2D eigenvalue weighted by molar-refractivity contribution is 5.75. The summed E-state index contributed by atoms with van der Waals surface area (Å²) in [6.45, 7) is 4.64. The topological polar surface area (TPSA) is 66.0 Å². The lowest BCUT2D eigenvalue weighted by molar-refractivity contribution is 0.151. The minimum absolute atomic E-state index is 0.0384. The molecule has 2 aromatic heterocycles. The van der Waals surface area contributed by atoms with Gasteiger partial charge in [-0.25, -0.2) is 8.78 Å². The van der Waals surface area contributed by atoms with Crippen LogP contribution in [0.25, 0.3) is 11.0 Å². The van der Waals surface area contributed by atoms with Crippen molar-refractivity contribution in [3.63, 3.8) is 0 Å². The van der Waals surface area contributed by atoms with Gasteiger partial charge < -0.3 is 15.5 Å². The molecule has 1 atom stereocenters. The van der Waals surface area contributed by atoms with Gasteiger partial charge in [0, 0.05) is 50.8 Å². The first-order valence-corrected chi connectivity index (χ1v) is 9.29.